The number of hydrogen-bond acceptors (Lipinski definition) is 2. The summed E-state index contributed by atoms with van der Waals surface area (Å²) in [5.41, 5.74) is 0.0229. The van der Waals surface area contributed by atoms with E-state index < -0.39 is 5.92 Å². The Balaban J connectivity index is 2.55. The van der Waals surface area contributed by atoms with Gasteiger partial charge in [-0.2, -0.15) is 8.78 Å². The molecule has 0 aliphatic heterocycles. The smallest absolute Gasteiger partial charge is 0.285 e. The van der Waals surface area contributed by atoms with Crippen LogP contribution in [-0.2, 0) is 10.7 Å². The van der Waals surface area contributed by atoms with Gasteiger partial charge in [-0.25, -0.2) is 0 Å². The molecular weight excluding hydrogens is 260 g/mol. The van der Waals surface area contributed by atoms with Crippen LogP contribution in [0.4, 0.5) is 8.78 Å². The van der Waals surface area contributed by atoms with Gasteiger partial charge in [-0.1, -0.05) is 30.3 Å². The molecule has 0 aliphatic carbocycles. The minimum absolute atomic E-state index is 0.0229. The van der Waals surface area contributed by atoms with Crippen molar-refractivity contribution in [1.29, 1.82) is 0 Å². The predicted molar refractivity (Wildman–Crippen MR) is 69.4 cm³/mol. The maximum Gasteiger partial charge on any atom is 0.285 e. The zero-order valence-electron chi connectivity index (χ0n) is 10.6. The summed E-state index contributed by atoms with van der Waals surface area (Å²) in [5, 5.41) is -0.286. The standard InChI is InChI=1S/C13H18ClF2NO/c1-17(8-12(14)9-18-2)10-13(15,16)11-6-4-3-5-7-11/h3-7,12H,8-10H2,1-2H3. The van der Waals surface area contributed by atoms with Gasteiger partial charge in [0.2, 0.25) is 0 Å². The number of halogens is 3. The molecule has 0 bridgehead atoms. The lowest BCUT2D eigenvalue weighted by Gasteiger charge is -2.25. The van der Waals surface area contributed by atoms with Gasteiger partial charge in [0, 0.05) is 19.2 Å². The second-order valence-electron chi connectivity index (χ2n) is 4.32. The van der Waals surface area contributed by atoms with Crippen molar-refractivity contribution in [3.63, 3.8) is 0 Å². The first-order chi connectivity index (χ1) is 8.45. The first-order valence-corrected chi connectivity index (χ1v) is 6.14. The molecule has 0 aromatic heterocycles. The van der Waals surface area contributed by atoms with Gasteiger partial charge in [0.1, 0.15) is 0 Å². The van der Waals surface area contributed by atoms with Crippen LogP contribution in [-0.4, -0.2) is 44.1 Å². The second-order valence-corrected chi connectivity index (χ2v) is 4.94. The fourth-order valence-corrected chi connectivity index (χ4v) is 2.11. The monoisotopic (exact) mass is 277 g/mol. The summed E-state index contributed by atoms with van der Waals surface area (Å²) in [6.45, 7) is 0.352. The molecule has 1 atom stereocenters. The molecule has 5 heteroatoms. The molecule has 102 valence electrons. The number of nitrogens with zero attached hydrogens (tertiary/aromatic N) is 1. The van der Waals surface area contributed by atoms with Gasteiger partial charge in [-0.3, -0.25) is 4.90 Å². The summed E-state index contributed by atoms with van der Waals surface area (Å²) in [5.74, 6) is -2.88. The SMILES string of the molecule is COCC(Cl)CN(C)CC(F)(F)c1ccccc1. The van der Waals surface area contributed by atoms with E-state index in [1.54, 1.807) is 25.2 Å². The van der Waals surface area contributed by atoms with Gasteiger partial charge >= 0.3 is 0 Å². The van der Waals surface area contributed by atoms with E-state index in [0.717, 1.165) is 0 Å². The summed E-state index contributed by atoms with van der Waals surface area (Å²) in [7, 11) is 3.16. The van der Waals surface area contributed by atoms with Crippen molar-refractivity contribution < 1.29 is 13.5 Å². The fraction of sp³-hybridized carbons (Fsp3) is 0.538. The van der Waals surface area contributed by atoms with Crippen LogP contribution >= 0.6 is 11.6 Å². The molecule has 2 nitrogen and oxygen atoms in total. The van der Waals surface area contributed by atoms with Crippen molar-refractivity contribution in [3.05, 3.63) is 35.9 Å². The topological polar surface area (TPSA) is 12.5 Å². The first-order valence-electron chi connectivity index (χ1n) is 5.70. The molecule has 1 aromatic carbocycles. The Bertz CT molecular complexity index is 348. The lowest BCUT2D eigenvalue weighted by atomic mass is 10.1. The van der Waals surface area contributed by atoms with Crippen LogP contribution in [0.1, 0.15) is 5.56 Å². The molecule has 0 radical (unpaired) electrons. The predicted octanol–water partition coefficient (Wildman–Crippen LogP) is 2.96. The molecule has 0 aliphatic rings. The zero-order valence-corrected chi connectivity index (χ0v) is 11.3. The van der Waals surface area contributed by atoms with E-state index in [1.807, 2.05) is 0 Å². The van der Waals surface area contributed by atoms with Crippen molar-refractivity contribution in [2.75, 3.05) is 33.9 Å². The van der Waals surface area contributed by atoms with E-state index in [9.17, 15) is 8.78 Å². The molecule has 1 rings (SSSR count). The highest BCUT2D eigenvalue weighted by molar-refractivity contribution is 6.20. The molecule has 1 unspecified atom stereocenters. The number of ether oxygens (including phenoxy) is 1. The largest absolute Gasteiger partial charge is 0.383 e. The van der Waals surface area contributed by atoms with Crippen molar-refractivity contribution in [3.8, 4) is 0 Å². The van der Waals surface area contributed by atoms with E-state index in [4.69, 9.17) is 16.3 Å². The Morgan fingerprint density at radius 2 is 1.94 bits per heavy atom. The average molecular weight is 278 g/mol. The number of likely N-dealkylation sites (N-methyl/N-ethyl adjacent to an activating group) is 1. The third-order valence-corrected chi connectivity index (χ3v) is 2.79. The number of rotatable bonds is 7. The van der Waals surface area contributed by atoms with Crippen molar-refractivity contribution in [2.45, 2.75) is 11.3 Å². The Labute approximate surface area is 111 Å². The Hall–Kier alpha value is -0.710. The summed E-state index contributed by atoms with van der Waals surface area (Å²) in [6.07, 6.45) is 0. The quantitative estimate of drug-likeness (QED) is 0.711. The molecule has 0 saturated carbocycles. The minimum Gasteiger partial charge on any atom is -0.383 e. The van der Waals surface area contributed by atoms with Crippen LogP contribution < -0.4 is 0 Å². The van der Waals surface area contributed by atoms with Gasteiger partial charge in [0.05, 0.1) is 18.5 Å². The van der Waals surface area contributed by atoms with Crippen molar-refractivity contribution in [1.82, 2.24) is 4.90 Å². The third-order valence-electron chi connectivity index (χ3n) is 2.52. The van der Waals surface area contributed by atoms with Gasteiger partial charge in [-0.05, 0) is 7.05 Å². The van der Waals surface area contributed by atoms with Crippen LogP contribution in [0.3, 0.4) is 0 Å². The lowest BCUT2D eigenvalue weighted by Crippen LogP contribution is -2.37. The van der Waals surface area contributed by atoms with Gasteiger partial charge in [-0.15, -0.1) is 11.6 Å². The van der Waals surface area contributed by atoms with E-state index in [2.05, 4.69) is 0 Å². The molecular formula is C13H18ClF2NO. The number of alkyl halides is 3. The van der Waals surface area contributed by atoms with Crippen LogP contribution in [0, 0.1) is 0 Å². The summed E-state index contributed by atoms with van der Waals surface area (Å²) in [6, 6.07) is 7.80. The number of methoxy groups -OCH3 is 1. The third kappa shape index (κ3) is 4.88. The molecule has 0 amide bonds. The van der Waals surface area contributed by atoms with Gasteiger partial charge < -0.3 is 4.74 Å². The molecule has 0 spiro atoms. The maximum absolute atomic E-state index is 13.9. The van der Waals surface area contributed by atoms with Gasteiger partial charge in [0.25, 0.3) is 5.92 Å². The van der Waals surface area contributed by atoms with Crippen LogP contribution in [0.2, 0.25) is 0 Å². The highest BCUT2D eigenvalue weighted by Crippen LogP contribution is 2.28. The minimum atomic E-state index is -2.88. The van der Waals surface area contributed by atoms with Crippen LogP contribution in [0.5, 0.6) is 0 Å². The Kier molecular flexibility index (Phi) is 5.99. The van der Waals surface area contributed by atoms with Crippen molar-refractivity contribution >= 4 is 11.6 Å². The summed E-state index contributed by atoms with van der Waals surface area (Å²) >= 11 is 5.94. The van der Waals surface area contributed by atoms with E-state index in [0.29, 0.717) is 13.2 Å². The number of hydrogen-bond donors (Lipinski definition) is 0. The Morgan fingerprint density at radius 1 is 1.33 bits per heavy atom. The molecule has 1 aromatic rings. The zero-order chi connectivity index (χ0) is 13.6. The van der Waals surface area contributed by atoms with Crippen molar-refractivity contribution in [2.24, 2.45) is 0 Å². The highest BCUT2D eigenvalue weighted by Gasteiger charge is 2.33. The van der Waals surface area contributed by atoms with E-state index in [1.165, 1.54) is 24.1 Å². The summed E-state index contributed by atoms with van der Waals surface area (Å²) in [4.78, 5) is 1.52. The molecule has 0 saturated heterocycles. The maximum atomic E-state index is 13.9. The highest BCUT2D eigenvalue weighted by atomic mass is 35.5. The van der Waals surface area contributed by atoms with Crippen LogP contribution in [0.15, 0.2) is 30.3 Å². The lowest BCUT2D eigenvalue weighted by molar-refractivity contribution is -0.0328. The first kappa shape index (κ1) is 15.3. The Morgan fingerprint density at radius 3 is 2.50 bits per heavy atom. The molecule has 18 heavy (non-hydrogen) atoms. The van der Waals surface area contributed by atoms with Crippen LogP contribution in [0.25, 0.3) is 0 Å². The van der Waals surface area contributed by atoms with E-state index >= 15 is 0 Å². The molecule has 0 N–H and O–H groups in total. The van der Waals surface area contributed by atoms with E-state index in [-0.39, 0.29) is 17.5 Å². The fourth-order valence-electron chi connectivity index (χ4n) is 1.75. The normalized spacial score (nSPS) is 13.9. The molecule has 0 fully saturated rings. The second kappa shape index (κ2) is 7.02. The number of benzene rings is 1. The summed E-state index contributed by atoms with van der Waals surface area (Å²) < 4.78 is 32.7. The van der Waals surface area contributed by atoms with Gasteiger partial charge in [0.15, 0.2) is 0 Å². The molecule has 0 heterocycles. The average Bonchev–Trinajstić information content (AvgIpc) is 2.29.